The molecule has 3 heterocycles. The van der Waals surface area contributed by atoms with Crippen molar-refractivity contribution in [3.05, 3.63) is 65.9 Å². The fraction of sp³-hybridized carbons (Fsp3) is 0.333. The average molecular weight is 557 g/mol. The Morgan fingerprint density at radius 2 is 1.84 bits per heavy atom. The average Bonchev–Trinajstić information content (AvgIpc) is 3.29. The number of aromatic nitrogens is 3. The second-order valence-electron chi connectivity index (χ2n) is 8.50. The molecule has 0 saturated carbocycles. The van der Waals surface area contributed by atoms with E-state index < -0.39 is 52.3 Å². The van der Waals surface area contributed by atoms with Crippen molar-refractivity contribution in [3.63, 3.8) is 0 Å². The lowest BCUT2D eigenvalue weighted by atomic mass is 10.0. The fourth-order valence-corrected chi connectivity index (χ4v) is 5.68. The summed E-state index contributed by atoms with van der Waals surface area (Å²) >= 11 is 0. The number of pyridine rings is 1. The summed E-state index contributed by atoms with van der Waals surface area (Å²) in [5.74, 6) is -1.20. The zero-order valence-electron chi connectivity index (χ0n) is 19.8. The Morgan fingerprint density at radius 3 is 2.45 bits per heavy atom. The SMILES string of the molecule is COc1nc(CCC(=O)[C@@H]2C[C@@H](F)CN2S(=O)(=O)c2ccc(F)cc2)cc(-c2ccc(C(F)(F)F)nc2)n1. The first kappa shape index (κ1) is 27.5. The van der Waals surface area contributed by atoms with Crippen LogP contribution in [0.1, 0.15) is 24.2 Å². The number of sulfonamides is 1. The van der Waals surface area contributed by atoms with Crippen LogP contribution in [0.4, 0.5) is 22.0 Å². The van der Waals surface area contributed by atoms with E-state index >= 15 is 0 Å². The molecular formula is C24H21F5N4O4S. The fourth-order valence-electron chi connectivity index (χ4n) is 4.03. The first-order chi connectivity index (χ1) is 17.9. The molecule has 4 rings (SSSR count). The topological polar surface area (TPSA) is 102 Å². The number of Topliss-reactive ketones (excluding diaryl/α,β-unsaturated/α-hetero) is 1. The van der Waals surface area contributed by atoms with Crippen LogP contribution in [0.2, 0.25) is 0 Å². The summed E-state index contributed by atoms with van der Waals surface area (Å²) in [7, 11) is -2.97. The molecule has 3 aromatic rings. The Hall–Kier alpha value is -3.52. The summed E-state index contributed by atoms with van der Waals surface area (Å²) < 4.78 is 97.9. The quantitative estimate of drug-likeness (QED) is 0.387. The van der Waals surface area contributed by atoms with Gasteiger partial charge in [0.15, 0.2) is 5.78 Å². The van der Waals surface area contributed by atoms with Gasteiger partial charge in [0.25, 0.3) is 0 Å². The van der Waals surface area contributed by atoms with Crippen molar-refractivity contribution in [2.75, 3.05) is 13.7 Å². The number of alkyl halides is 4. The molecule has 1 fully saturated rings. The predicted molar refractivity (Wildman–Crippen MR) is 124 cm³/mol. The Bertz CT molecular complexity index is 1420. The first-order valence-corrected chi connectivity index (χ1v) is 12.7. The predicted octanol–water partition coefficient (Wildman–Crippen LogP) is 4.01. The maximum absolute atomic E-state index is 14.3. The largest absolute Gasteiger partial charge is 0.467 e. The van der Waals surface area contributed by atoms with Crippen LogP contribution in [0.15, 0.2) is 53.6 Å². The van der Waals surface area contributed by atoms with Crippen LogP contribution >= 0.6 is 0 Å². The van der Waals surface area contributed by atoms with E-state index in [0.717, 1.165) is 40.8 Å². The van der Waals surface area contributed by atoms with Crippen molar-refractivity contribution >= 4 is 15.8 Å². The number of rotatable bonds is 8. The number of ketones is 1. The van der Waals surface area contributed by atoms with E-state index in [2.05, 4.69) is 15.0 Å². The van der Waals surface area contributed by atoms with E-state index in [9.17, 15) is 35.2 Å². The van der Waals surface area contributed by atoms with E-state index in [1.54, 1.807) is 0 Å². The molecule has 202 valence electrons. The highest BCUT2D eigenvalue weighted by Gasteiger charge is 2.43. The van der Waals surface area contributed by atoms with Crippen LogP contribution in [0.3, 0.4) is 0 Å². The van der Waals surface area contributed by atoms with Gasteiger partial charge in [-0.05, 0) is 48.9 Å². The summed E-state index contributed by atoms with van der Waals surface area (Å²) in [4.78, 5) is 24.4. The molecule has 1 aromatic carbocycles. The second-order valence-corrected chi connectivity index (χ2v) is 10.4. The Kier molecular flexibility index (Phi) is 7.74. The van der Waals surface area contributed by atoms with E-state index in [0.29, 0.717) is 5.69 Å². The minimum Gasteiger partial charge on any atom is -0.467 e. The minimum absolute atomic E-state index is 0.00331. The van der Waals surface area contributed by atoms with Crippen molar-refractivity contribution in [1.82, 2.24) is 19.3 Å². The molecule has 0 unspecified atom stereocenters. The van der Waals surface area contributed by atoms with Gasteiger partial charge in [-0.1, -0.05) is 0 Å². The lowest BCUT2D eigenvalue weighted by Crippen LogP contribution is -2.40. The zero-order chi connectivity index (χ0) is 27.7. The third-order valence-electron chi connectivity index (χ3n) is 5.92. The van der Waals surface area contributed by atoms with Gasteiger partial charge in [-0.25, -0.2) is 22.2 Å². The number of nitrogens with zero attached hydrogens (tertiary/aromatic N) is 4. The van der Waals surface area contributed by atoms with Gasteiger partial charge in [0.1, 0.15) is 17.7 Å². The molecule has 0 N–H and O–H groups in total. The lowest BCUT2D eigenvalue weighted by Gasteiger charge is -2.22. The molecule has 8 nitrogen and oxygen atoms in total. The standard InChI is InChI=1S/C24H21F5N4O4S/c1-37-23-31-17(11-19(32-23)14-2-9-22(30-12-14)24(27,28)29)5-8-21(34)20-10-16(26)13-33(20)38(35,36)18-6-3-15(25)4-7-18/h2-4,6-7,9,11-12,16,20H,5,8,10,13H2,1H3/t16-,20+/m1/s1. The zero-order valence-corrected chi connectivity index (χ0v) is 20.6. The summed E-state index contributed by atoms with van der Waals surface area (Å²) in [5, 5.41) is 0. The Balaban J connectivity index is 1.52. The summed E-state index contributed by atoms with van der Waals surface area (Å²) in [6.45, 7) is -0.511. The van der Waals surface area contributed by atoms with Crippen molar-refractivity contribution < 1.29 is 39.9 Å². The van der Waals surface area contributed by atoms with Gasteiger partial charge in [-0.3, -0.25) is 9.78 Å². The number of carbonyl (C=O) groups excluding carboxylic acids is 1. The maximum atomic E-state index is 14.3. The number of carbonyl (C=O) groups is 1. The Morgan fingerprint density at radius 1 is 1.13 bits per heavy atom. The van der Waals surface area contributed by atoms with Gasteiger partial charge < -0.3 is 4.74 Å². The van der Waals surface area contributed by atoms with Crippen molar-refractivity contribution in [1.29, 1.82) is 0 Å². The smallest absolute Gasteiger partial charge is 0.433 e. The van der Waals surface area contributed by atoms with Crippen LogP contribution in [-0.2, 0) is 27.4 Å². The first-order valence-electron chi connectivity index (χ1n) is 11.3. The normalized spacial score (nSPS) is 18.5. The molecule has 0 amide bonds. The van der Waals surface area contributed by atoms with Crippen molar-refractivity contribution in [2.24, 2.45) is 0 Å². The Labute approximate surface area is 214 Å². The van der Waals surface area contributed by atoms with Gasteiger partial charge in [0.2, 0.25) is 10.0 Å². The molecule has 1 saturated heterocycles. The number of ether oxygens (including phenoxy) is 1. The monoisotopic (exact) mass is 556 g/mol. The number of methoxy groups -OCH3 is 1. The molecule has 1 aliphatic rings. The molecule has 0 aliphatic carbocycles. The number of benzene rings is 1. The molecule has 1 aliphatic heterocycles. The summed E-state index contributed by atoms with van der Waals surface area (Å²) in [6, 6.07) is 6.07. The van der Waals surface area contributed by atoms with E-state index in [4.69, 9.17) is 4.74 Å². The van der Waals surface area contributed by atoms with Crippen LogP contribution in [-0.4, -0.2) is 59.3 Å². The highest BCUT2D eigenvalue weighted by molar-refractivity contribution is 7.89. The molecule has 0 bridgehead atoms. The number of aryl methyl sites for hydroxylation is 1. The number of hydrogen-bond acceptors (Lipinski definition) is 7. The minimum atomic E-state index is -4.61. The molecular weight excluding hydrogens is 535 g/mol. The van der Waals surface area contributed by atoms with Crippen LogP contribution in [0.5, 0.6) is 6.01 Å². The highest BCUT2D eigenvalue weighted by Crippen LogP contribution is 2.31. The molecule has 0 spiro atoms. The second kappa shape index (κ2) is 10.7. The third-order valence-corrected chi connectivity index (χ3v) is 7.80. The molecule has 2 aromatic heterocycles. The summed E-state index contributed by atoms with van der Waals surface area (Å²) in [5.41, 5.74) is -0.330. The van der Waals surface area contributed by atoms with Crippen molar-refractivity contribution in [2.45, 2.75) is 42.5 Å². The molecule has 38 heavy (non-hydrogen) atoms. The number of halogens is 5. The van der Waals surface area contributed by atoms with Gasteiger partial charge in [0.05, 0.1) is 23.7 Å². The van der Waals surface area contributed by atoms with Crippen LogP contribution in [0.25, 0.3) is 11.3 Å². The van der Waals surface area contributed by atoms with Crippen molar-refractivity contribution in [3.8, 4) is 17.3 Å². The van der Waals surface area contributed by atoms with Gasteiger partial charge >= 0.3 is 12.2 Å². The summed E-state index contributed by atoms with van der Waals surface area (Å²) in [6.07, 6.45) is -5.71. The van der Waals surface area contributed by atoms with E-state index in [1.807, 2.05) is 0 Å². The number of hydrogen-bond donors (Lipinski definition) is 0. The molecule has 2 atom stereocenters. The van der Waals surface area contributed by atoms with Crippen LogP contribution in [0, 0.1) is 5.82 Å². The third kappa shape index (κ3) is 5.96. The molecule has 0 radical (unpaired) electrons. The maximum Gasteiger partial charge on any atom is 0.433 e. The molecule has 14 heteroatoms. The van der Waals surface area contributed by atoms with Crippen LogP contribution < -0.4 is 4.74 Å². The highest BCUT2D eigenvalue weighted by atomic mass is 32.2. The van der Waals surface area contributed by atoms with E-state index in [1.165, 1.54) is 19.2 Å². The van der Waals surface area contributed by atoms with E-state index in [-0.39, 0.29) is 41.4 Å². The van der Waals surface area contributed by atoms with Gasteiger partial charge in [-0.2, -0.15) is 22.5 Å². The van der Waals surface area contributed by atoms with Gasteiger partial charge in [0, 0.05) is 36.8 Å². The van der Waals surface area contributed by atoms with Gasteiger partial charge in [-0.15, -0.1) is 0 Å². The lowest BCUT2D eigenvalue weighted by molar-refractivity contribution is -0.141.